The van der Waals surface area contributed by atoms with Crippen molar-refractivity contribution in [2.45, 2.75) is 6.92 Å². The summed E-state index contributed by atoms with van der Waals surface area (Å²) in [6, 6.07) is 8.85. The van der Waals surface area contributed by atoms with Gasteiger partial charge in [0.1, 0.15) is 18.3 Å². The minimum absolute atomic E-state index is 0.184. The summed E-state index contributed by atoms with van der Waals surface area (Å²) in [5, 5.41) is 6.87. The van der Waals surface area contributed by atoms with Crippen LogP contribution in [0.4, 0.5) is 0 Å². The third kappa shape index (κ3) is 3.64. The lowest BCUT2D eigenvalue weighted by Gasteiger charge is -1.99. The van der Waals surface area contributed by atoms with Gasteiger partial charge in [0, 0.05) is 22.9 Å². The lowest BCUT2D eigenvalue weighted by Crippen LogP contribution is -2.15. The molecule has 2 rings (SSSR count). The van der Waals surface area contributed by atoms with Crippen LogP contribution in [0, 0.1) is 24.2 Å². The van der Waals surface area contributed by atoms with E-state index in [1.54, 1.807) is 30.5 Å². The summed E-state index contributed by atoms with van der Waals surface area (Å²) in [4.78, 5) is 18.6. The Hall–Kier alpha value is -3.26. The first-order valence-electron chi connectivity index (χ1n) is 6.50. The number of carbonyl (C=O) groups is 1. The molecule has 108 valence electrons. The highest BCUT2D eigenvalue weighted by Gasteiger charge is 1.99. The van der Waals surface area contributed by atoms with Crippen LogP contribution in [0.15, 0.2) is 41.5 Å². The van der Waals surface area contributed by atoms with E-state index in [1.165, 1.54) is 0 Å². The van der Waals surface area contributed by atoms with Crippen LogP contribution in [-0.2, 0) is 0 Å². The molecule has 0 aliphatic rings. The lowest BCUT2D eigenvalue weighted by molar-refractivity contribution is 0.112. The van der Waals surface area contributed by atoms with Crippen LogP contribution in [0.3, 0.4) is 0 Å². The Morgan fingerprint density at radius 2 is 2.14 bits per heavy atom. The maximum atomic E-state index is 10.8. The highest BCUT2D eigenvalue weighted by atomic mass is 16.1. The van der Waals surface area contributed by atoms with Crippen molar-refractivity contribution in [2.24, 2.45) is 10.7 Å². The molecule has 0 saturated heterocycles. The van der Waals surface area contributed by atoms with E-state index in [0.29, 0.717) is 11.3 Å². The Morgan fingerprint density at radius 1 is 1.32 bits per heavy atom. The number of carbonyl (C=O) groups excluding carboxylic acids is 1. The van der Waals surface area contributed by atoms with Crippen molar-refractivity contribution in [3.63, 3.8) is 0 Å². The van der Waals surface area contributed by atoms with Crippen molar-refractivity contribution in [2.75, 3.05) is 0 Å². The average molecular weight is 290 g/mol. The number of amidine groups is 1. The third-order valence-electron chi connectivity index (χ3n) is 2.97. The molecule has 0 spiro atoms. The molecule has 0 bridgehead atoms. The molecule has 0 atom stereocenters. The van der Waals surface area contributed by atoms with Crippen LogP contribution in [0.2, 0.25) is 0 Å². The zero-order chi connectivity index (χ0) is 15.9. The summed E-state index contributed by atoms with van der Waals surface area (Å²) in [5.74, 6) is 6.21. The number of pyridine rings is 1. The van der Waals surface area contributed by atoms with E-state index in [-0.39, 0.29) is 5.84 Å². The minimum atomic E-state index is 0.184. The maximum Gasteiger partial charge on any atom is 0.151 e. The Bertz CT molecular complexity index is 796. The van der Waals surface area contributed by atoms with Gasteiger partial charge in [0.05, 0.1) is 0 Å². The van der Waals surface area contributed by atoms with Gasteiger partial charge in [-0.3, -0.25) is 15.2 Å². The molecule has 0 fully saturated rings. The zero-order valence-corrected chi connectivity index (χ0v) is 12.0. The third-order valence-corrected chi connectivity index (χ3v) is 2.97. The number of aromatic nitrogens is 1. The van der Waals surface area contributed by atoms with E-state index < -0.39 is 0 Å². The number of aldehydes is 1. The van der Waals surface area contributed by atoms with E-state index in [1.807, 2.05) is 13.0 Å². The Morgan fingerprint density at radius 3 is 2.77 bits per heavy atom. The van der Waals surface area contributed by atoms with Crippen LogP contribution in [0.5, 0.6) is 0 Å². The molecule has 0 saturated carbocycles. The number of rotatable bonds is 3. The highest BCUT2D eigenvalue weighted by Crippen LogP contribution is 2.09. The van der Waals surface area contributed by atoms with Gasteiger partial charge in [0.25, 0.3) is 0 Å². The molecular weight excluding hydrogens is 276 g/mol. The number of nitrogens with one attached hydrogen (secondary N) is 1. The number of aryl methyl sites for hydroxylation is 1. The predicted molar refractivity (Wildman–Crippen MR) is 86.3 cm³/mol. The first-order valence-corrected chi connectivity index (χ1v) is 6.50. The summed E-state index contributed by atoms with van der Waals surface area (Å²) in [5.41, 5.74) is 9.26. The van der Waals surface area contributed by atoms with Gasteiger partial charge in [-0.05, 0) is 30.7 Å². The lowest BCUT2D eigenvalue weighted by atomic mass is 10.1. The molecule has 0 radical (unpaired) electrons. The number of nitrogens with zero attached hydrogens (tertiary/aromatic N) is 2. The number of aliphatic imine (C=N–C) groups is 1. The Labute approximate surface area is 128 Å². The van der Waals surface area contributed by atoms with Gasteiger partial charge in [-0.25, -0.2) is 4.99 Å². The fraction of sp³-hybridized carbons (Fsp3) is 0.0588. The van der Waals surface area contributed by atoms with E-state index in [9.17, 15) is 4.79 Å². The monoisotopic (exact) mass is 290 g/mol. The number of hydrogen-bond acceptors (Lipinski definition) is 3. The molecule has 5 nitrogen and oxygen atoms in total. The Balaban J connectivity index is 2.27. The molecular formula is C17H14N4O. The summed E-state index contributed by atoms with van der Waals surface area (Å²) in [7, 11) is 0. The van der Waals surface area contributed by atoms with E-state index >= 15 is 0 Å². The van der Waals surface area contributed by atoms with Gasteiger partial charge in [-0.15, -0.1) is 0 Å². The molecule has 22 heavy (non-hydrogen) atoms. The van der Waals surface area contributed by atoms with Crippen molar-refractivity contribution in [1.29, 1.82) is 5.41 Å². The first-order chi connectivity index (χ1) is 10.6. The topological polar surface area (TPSA) is 92.2 Å². The molecule has 0 aliphatic heterocycles. The summed E-state index contributed by atoms with van der Waals surface area (Å²) in [6.07, 6.45) is 3.26. The minimum Gasteiger partial charge on any atom is -0.382 e. The van der Waals surface area contributed by atoms with Crippen LogP contribution in [0.25, 0.3) is 0 Å². The van der Waals surface area contributed by atoms with Crippen LogP contribution >= 0.6 is 0 Å². The SMILES string of the molecule is Cc1ccc(C=O)cc1C#Cc1ccc(C(N)=NC=N)nc1. The highest BCUT2D eigenvalue weighted by molar-refractivity contribution is 5.99. The van der Waals surface area contributed by atoms with Crippen molar-refractivity contribution < 1.29 is 4.79 Å². The number of benzene rings is 1. The smallest absolute Gasteiger partial charge is 0.151 e. The van der Waals surface area contributed by atoms with Gasteiger partial charge >= 0.3 is 0 Å². The number of nitrogens with two attached hydrogens (primary N) is 1. The summed E-state index contributed by atoms with van der Waals surface area (Å²) >= 11 is 0. The van der Waals surface area contributed by atoms with Crippen molar-refractivity contribution in [3.8, 4) is 11.8 Å². The molecule has 3 N–H and O–H groups in total. The van der Waals surface area contributed by atoms with Crippen molar-refractivity contribution in [3.05, 3.63) is 64.5 Å². The van der Waals surface area contributed by atoms with Crippen LogP contribution in [0.1, 0.15) is 32.7 Å². The van der Waals surface area contributed by atoms with Crippen LogP contribution in [-0.4, -0.2) is 23.4 Å². The van der Waals surface area contributed by atoms with E-state index in [4.69, 9.17) is 11.1 Å². The van der Waals surface area contributed by atoms with E-state index in [2.05, 4.69) is 21.8 Å². The second-order valence-electron chi connectivity index (χ2n) is 4.52. The van der Waals surface area contributed by atoms with Crippen LogP contribution < -0.4 is 5.73 Å². The molecule has 1 aromatic heterocycles. The normalized spacial score (nSPS) is 10.5. The molecule has 1 heterocycles. The molecule has 0 unspecified atom stereocenters. The molecule has 0 aliphatic carbocycles. The van der Waals surface area contributed by atoms with Gasteiger partial charge in [-0.2, -0.15) is 0 Å². The van der Waals surface area contributed by atoms with E-state index in [0.717, 1.165) is 29.3 Å². The largest absolute Gasteiger partial charge is 0.382 e. The van der Waals surface area contributed by atoms with Crippen molar-refractivity contribution in [1.82, 2.24) is 4.98 Å². The fourth-order valence-electron chi connectivity index (χ4n) is 1.74. The molecule has 1 aromatic carbocycles. The summed E-state index contributed by atoms with van der Waals surface area (Å²) < 4.78 is 0. The van der Waals surface area contributed by atoms with Gasteiger partial charge < -0.3 is 5.73 Å². The Kier molecular flexibility index (Phi) is 4.78. The molecule has 0 amide bonds. The second kappa shape index (κ2) is 6.95. The standard InChI is InChI=1S/C17H14N4O/c1-12-2-3-14(10-22)8-15(12)6-4-13-5-7-16(20-9-13)17(19)21-11-18/h2-3,5,7-11H,1H3,(H3,18,19,21). The summed E-state index contributed by atoms with van der Waals surface area (Å²) in [6.45, 7) is 1.94. The van der Waals surface area contributed by atoms with Crippen molar-refractivity contribution >= 4 is 18.5 Å². The zero-order valence-electron chi connectivity index (χ0n) is 12.0. The quantitative estimate of drug-likeness (QED) is 0.391. The first kappa shape index (κ1) is 15.1. The molecule has 2 aromatic rings. The fourth-order valence-corrected chi connectivity index (χ4v) is 1.74. The maximum absolute atomic E-state index is 10.8. The average Bonchev–Trinajstić information content (AvgIpc) is 2.55. The second-order valence-corrected chi connectivity index (χ2v) is 4.52. The van der Waals surface area contributed by atoms with Gasteiger partial charge in [0.15, 0.2) is 5.84 Å². The molecule has 5 heteroatoms. The van der Waals surface area contributed by atoms with Gasteiger partial charge in [0.2, 0.25) is 0 Å². The number of hydrogen-bond donors (Lipinski definition) is 2. The predicted octanol–water partition coefficient (Wildman–Crippen LogP) is 1.91. The van der Waals surface area contributed by atoms with Gasteiger partial charge in [-0.1, -0.05) is 24.0 Å².